The lowest BCUT2D eigenvalue weighted by Crippen LogP contribution is -2.42. The number of thiol groups is 1. The average Bonchev–Trinajstić information content (AvgIpc) is 2.39. The first kappa shape index (κ1) is 15.7. The number of nitrogens with one attached hydrogen (secondary N) is 1. The maximum Gasteiger partial charge on any atom is 0.321 e. The van der Waals surface area contributed by atoms with Crippen molar-refractivity contribution in [1.82, 2.24) is 5.32 Å². The van der Waals surface area contributed by atoms with E-state index in [4.69, 9.17) is 9.47 Å². The molecule has 7 heteroatoms. The minimum Gasteiger partial charge on any atom is -0.354 e. The summed E-state index contributed by atoms with van der Waals surface area (Å²) in [5, 5.41) is 2.58. The van der Waals surface area contributed by atoms with Crippen LogP contribution in [0.4, 0.5) is 14.9 Å². The summed E-state index contributed by atoms with van der Waals surface area (Å²) < 4.78 is 23.5. The monoisotopic (exact) mass is 288 g/mol. The molecular weight excluding hydrogens is 271 g/mol. The molecule has 19 heavy (non-hydrogen) atoms. The van der Waals surface area contributed by atoms with Gasteiger partial charge in [-0.25, -0.2) is 9.18 Å². The molecule has 0 aliphatic carbocycles. The highest BCUT2D eigenvalue weighted by Gasteiger charge is 2.16. The van der Waals surface area contributed by atoms with Gasteiger partial charge in [-0.3, -0.25) is 4.90 Å². The summed E-state index contributed by atoms with van der Waals surface area (Å²) in [6, 6.07) is 3.89. The smallest absolute Gasteiger partial charge is 0.321 e. The molecule has 2 amide bonds. The predicted octanol–water partition coefficient (Wildman–Crippen LogP) is 1.88. The maximum absolute atomic E-state index is 13.7. The molecular formula is C12H17FN2O3S. The highest BCUT2D eigenvalue weighted by molar-refractivity contribution is 7.80. The van der Waals surface area contributed by atoms with Crippen LogP contribution in [0.2, 0.25) is 0 Å². The molecule has 0 spiro atoms. The van der Waals surface area contributed by atoms with Crippen LogP contribution in [0.5, 0.6) is 0 Å². The topological polar surface area (TPSA) is 50.8 Å². The van der Waals surface area contributed by atoms with E-state index in [1.54, 1.807) is 6.07 Å². The number of amides is 2. The van der Waals surface area contributed by atoms with Crippen LogP contribution in [0, 0.1) is 5.82 Å². The fourth-order valence-electron chi connectivity index (χ4n) is 1.43. The third-order valence-electron chi connectivity index (χ3n) is 2.54. The SMILES string of the molecule is COC(CNC(=O)N(C)c1ccc(S)cc1F)OC. The van der Waals surface area contributed by atoms with E-state index in [-0.39, 0.29) is 12.2 Å². The minimum atomic E-state index is -0.540. The summed E-state index contributed by atoms with van der Waals surface area (Å²) in [6.45, 7) is 0.169. The van der Waals surface area contributed by atoms with Crippen molar-refractivity contribution in [2.24, 2.45) is 0 Å². The molecule has 0 aliphatic heterocycles. The van der Waals surface area contributed by atoms with Crippen LogP contribution in [-0.2, 0) is 9.47 Å². The Labute approximate surface area is 117 Å². The number of hydrogen-bond acceptors (Lipinski definition) is 4. The molecule has 0 atom stereocenters. The Morgan fingerprint density at radius 3 is 2.63 bits per heavy atom. The number of methoxy groups -OCH3 is 2. The zero-order chi connectivity index (χ0) is 14.4. The quantitative estimate of drug-likeness (QED) is 0.642. The Morgan fingerprint density at radius 2 is 2.11 bits per heavy atom. The van der Waals surface area contributed by atoms with E-state index < -0.39 is 18.1 Å². The summed E-state index contributed by atoms with van der Waals surface area (Å²) in [4.78, 5) is 13.5. The second-order valence-electron chi connectivity index (χ2n) is 3.78. The highest BCUT2D eigenvalue weighted by atomic mass is 32.1. The molecule has 5 nitrogen and oxygen atoms in total. The molecule has 0 unspecified atom stereocenters. The zero-order valence-corrected chi connectivity index (χ0v) is 11.9. The normalized spacial score (nSPS) is 10.6. The van der Waals surface area contributed by atoms with Crippen molar-refractivity contribution in [3.63, 3.8) is 0 Å². The predicted molar refractivity (Wildman–Crippen MR) is 73.3 cm³/mol. The fourth-order valence-corrected chi connectivity index (χ4v) is 1.62. The maximum atomic E-state index is 13.7. The Bertz CT molecular complexity index is 441. The minimum absolute atomic E-state index is 0.168. The number of benzene rings is 1. The second kappa shape index (κ2) is 7.32. The molecule has 0 bridgehead atoms. The number of hydrogen-bond donors (Lipinski definition) is 2. The number of nitrogens with zero attached hydrogens (tertiary/aromatic N) is 1. The van der Waals surface area contributed by atoms with E-state index in [9.17, 15) is 9.18 Å². The molecule has 0 aliphatic rings. The van der Waals surface area contributed by atoms with Crippen molar-refractivity contribution in [3.8, 4) is 0 Å². The van der Waals surface area contributed by atoms with Gasteiger partial charge in [-0.05, 0) is 18.2 Å². The number of carbonyl (C=O) groups is 1. The van der Waals surface area contributed by atoms with Crippen LogP contribution >= 0.6 is 12.6 Å². The van der Waals surface area contributed by atoms with Gasteiger partial charge in [0.25, 0.3) is 0 Å². The Kier molecular flexibility index (Phi) is 6.07. The van der Waals surface area contributed by atoms with Crippen LogP contribution in [0.25, 0.3) is 0 Å². The number of halogens is 1. The molecule has 0 heterocycles. The van der Waals surface area contributed by atoms with Crippen molar-refractivity contribution < 1.29 is 18.7 Å². The largest absolute Gasteiger partial charge is 0.354 e. The summed E-state index contributed by atoms with van der Waals surface area (Å²) >= 11 is 4.02. The Balaban J connectivity index is 2.66. The van der Waals surface area contributed by atoms with E-state index in [1.807, 2.05) is 0 Å². The molecule has 0 fully saturated rings. The lowest BCUT2D eigenvalue weighted by Gasteiger charge is -2.20. The van der Waals surface area contributed by atoms with Gasteiger partial charge in [0.1, 0.15) is 5.82 Å². The summed E-state index contributed by atoms with van der Waals surface area (Å²) in [6.07, 6.45) is -0.540. The van der Waals surface area contributed by atoms with Crippen molar-refractivity contribution in [1.29, 1.82) is 0 Å². The first-order chi connectivity index (χ1) is 8.99. The Morgan fingerprint density at radius 1 is 1.47 bits per heavy atom. The summed E-state index contributed by atoms with van der Waals surface area (Å²) in [5.41, 5.74) is 0.168. The van der Waals surface area contributed by atoms with Gasteiger partial charge in [-0.2, -0.15) is 0 Å². The van der Waals surface area contributed by atoms with Gasteiger partial charge in [0.2, 0.25) is 0 Å². The Hall–Kier alpha value is -1.31. The van der Waals surface area contributed by atoms with Crippen LogP contribution in [0.15, 0.2) is 23.1 Å². The first-order valence-electron chi connectivity index (χ1n) is 5.55. The van der Waals surface area contributed by atoms with E-state index in [0.29, 0.717) is 4.90 Å². The molecule has 0 radical (unpaired) electrons. The molecule has 1 rings (SSSR count). The molecule has 0 saturated carbocycles. The van der Waals surface area contributed by atoms with Gasteiger partial charge in [0, 0.05) is 26.2 Å². The van der Waals surface area contributed by atoms with Crippen molar-refractivity contribution in [3.05, 3.63) is 24.0 Å². The van der Waals surface area contributed by atoms with E-state index >= 15 is 0 Å². The molecule has 1 N–H and O–H groups in total. The number of carbonyl (C=O) groups excluding carboxylic acids is 1. The summed E-state index contributed by atoms with van der Waals surface area (Å²) in [7, 11) is 4.41. The second-order valence-corrected chi connectivity index (χ2v) is 4.30. The van der Waals surface area contributed by atoms with E-state index in [0.717, 1.165) is 0 Å². The van der Waals surface area contributed by atoms with E-state index in [1.165, 1.54) is 38.3 Å². The lowest BCUT2D eigenvalue weighted by atomic mass is 10.3. The number of anilines is 1. The van der Waals surface area contributed by atoms with Gasteiger partial charge in [0.05, 0.1) is 12.2 Å². The lowest BCUT2D eigenvalue weighted by molar-refractivity contribution is -0.0970. The molecule has 1 aromatic carbocycles. The number of ether oxygens (including phenoxy) is 2. The van der Waals surface area contributed by atoms with Crippen LogP contribution in [-0.4, -0.2) is 40.1 Å². The zero-order valence-electron chi connectivity index (χ0n) is 11.0. The van der Waals surface area contributed by atoms with Crippen LogP contribution in [0.1, 0.15) is 0 Å². The van der Waals surface area contributed by atoms with Crippen molar-refractivity contribution in [2.45, 2.75) is 11.2 Å². The third-order valence-corrected chi connectivity index (χ3v) is 2.82. The van der Waals surface area contributed by atoms with Gasteiger partial charge < -0.3 is 14.8 Å². The van der Waals surface area contributed by atoms with Gasteiger partial charge in [0.15, 0.2) is 6.29 Å². The van der Waals surface area contributed by atoms with Crippen molar-refractivity contribution >= 4 is 24.3 Å². The standard InChI is InChI=1S/C12H17FN2O3S/c1-15(10-5-4-8(19)6-9(10)13)12(16)14-7-11(17-2)18-3/h4-6,11,19H,7H2,1-3H3,(H,14,16). The molecule has 0 saturated heterocycles. The van der Waals surface area contributed by atoms with Gasteiger partial charge in [-0.15, -0.1) is 12.6 Å². The number of rotatable bonds is 5. The molecule has 1 aromatic rings. The summed E-state index contributed by atoms with van der Waals surface area (Å²) in [5.74, 6) is -0.514. The molecule has 106 valence electrons. The number of urea groups is 1. The van der Waals surface area contributed by atoms with E-state index in [2.05, 4.69) is 17.9 Å². The van der Waals surface area contributed by atoms with Crippen LogP contribution in [0.3, 0.4) is 0 Å². The average molecular weight is 288 g/mol. The van der Waals surface area contributed by atoms with Crippen molar-refractivity contribution in [2.75, 3.05) is 32.7 Å². The fraction of sp³-hybridized carbons (Fsp3) is 0.417. The van der Waals surface area contributed by atoms with Crippen LogP contribution < -0.4 is 10.2 Å². The third kappa shape index (κ3) is 4.38. The van der Waals surface area contributed by atoms with Gasteiger partial charge in [-0.1, -0.05) is 0 Å². The molecule has 0 aromatic heterocycles. The van der Waals surface area contributed by atoms with Gasteiger partial charge >= 0.3 is 6.03 Å². The highest BCUT2D eigenvalue weighted by Crippen LogP contribution is 2.21. The first-order valence-corrected chi connectivity index (χ1v) is 6.00.